The number of hydrogen-bond acceptors (Lipinski definition) is 1. The minimum absolute atomic E-state index is 0.0596. The summed E-state index contributed by atoms with van der Waals surface area (Å²) in [5.41, 5.74) is 1.97. The quantitative estimate of drug-likeness (QED) is 0.841. The first-order chi connectivity index (χ1) is 8.24. The molecular formula is C14H17FN2. The van der Waals surface area contributed by atoms with Gasteiger partial charge < -0.3 is 9.88 Å². The number of fused-ring (bicyclic) bond motifs is 1. The van der Waals surface area contributed by atoms with E-state index in [1.54, 1.807) is 6.07 Å². The maximum absolute atomic E-state index is 14.0. The van der Waals surface area contributed by atoms with Crippen LogP contribution in [0.2, 0.25) is 0 Å². The molecule has 1 aliphatic heterocycles. The van der Waals surface area contributed by atoms with Crippen molar-refractivity contribution in [2.24, 2.45) is 13.0 Å². The van der Waals surface area contributed by atoms with Crippen LogP contribution in [0.1, 0.15) is 12.0 Å². The molecule has 2 nitrogen and oxygen atoms in total. The van der Waals surface area contributed by atoms with E-state index >= 15 is 0 Å². The minimum atomic E-state index is -0.0596. The maximum Gasteiger partial charge on any atom is 0.127 e. The summed E-state index contributed by atoms with van der Waals surface area (Å²) in [4.78, 5) is 0. The normalized spacial score (nSPS) is 20.2. The Kier molecular flexibility index (Phi) is 2.63. The third kappa shape index (κ3) is 1.95. The zero-order chi connectivity index (χ0) is 11.8. The smallest absolute Gasteiger partial charge is 0.127 e. The standard InChI is InChI=1S/C14H17FN2/c1-17-5-3-11-7-13(15)12(8-14(11)17)6-10-2-4-16-9-10/h3,5,7-8,10,16H,2,4,6,9H2,1H3. The molecule has 1 N–H and O–H groups in total. The zero-order valence-electron chi connectivity index (χ0n) is 10.0. The van der Waals surface area contributed by atoms with Gasteiger partial charge in [-0.1, -0.05) is 0 Å². The van der Waals surface area contributed by atoms with E-state index in [2.05, 4.69) is 5.32 Å². The van der Waals surface area contributed by atoms with Crippen LogP contribution in [0, 0.1) is 11.7 Å². The van der Waals surface area contributed by atoms with Crippen LogP contribution >= 0.6 is 0 Å². The Labute approximate surface area is 100 Å². The van der Waals surface area contributed by atoms with Crippen molar-refractivity contribution in [3.05, 3.63) is 35.8 Å². The summed E-state index contributed by atoms with van der Waals surface area (Å²) in [7, 11) is 2.00. The average molecular weight is 232 g/mol. The van der Waals surface area contributed by atoms with E-state index in [1.165, 1.54) is 0 Å². The van der Waals surface area contributed by atoms with Crippen molar-refractivity contribution in [1.29, 1.82) is 0 Å². The Morgan fingerprint density at radius 3 is 3.12 bits per heavy atom. The lowest BCUT2D eigenvalue weighted by molar-refractivity contribution is 0.545. The van der Waals surface area contributed by atoms with Gasteiger partial charge in [0.05, 0.1) is 0 Å². The van der Waals surface area contributed by atoms with Gasteiger partial charge in [-0.2, -0.15) is 0 Å². The monoisotopic (exact) mass is 232 g/mol. The molecule has 1 atom stereocenters. The first-order valence-corrected chi connectivity index (χ1v) is 6.18. The summed E-state index contributed by atoms with van der Waals surface area (Å²) in [5.74, 6) is 0.526. The number of aryl methyl sites for hydroxylation is 1. The molecule has 90 valence electrons. The van der Waals surface area contributed by atoms with E-state index in [0.717, 1.165) is 42.4 Å². The van der Waals surface area contributed by atoms with Gasteiger partial charge in [-0.15, -0.1) is 0 Å². The Balaban J connectivity index is 1.96. The topological polar surface area (TPSA) is 17.0 Å². The number of halogens is 1. The second kappa shape index (κ2) is 4.15. The van der Waals surface area contributed by atoms with Crippen molar-refractivity contribution < 1.29 is 4.39 Å². The first kappa shape index (κ1) is 10.8. The molecule has 0 aliphatic carbocycles. The van der Waals surface area contributed by atoms with E-state index in [4.69, 9.17) is 0 Å². The van der Waals surface area contributed by atoms with Gasteiger partial charge in [0.25, 0.3) is 0 Å². The van der Waals surface area contributed by atoms with Crippen LogP contribution in [0.15, 0.2) is 24.4 Å². The summed E-state index contributed by atoms with van der Waals surface area (Å²) in [6.45, 7) is 2.09. The van der Waals surface area contributed by atoms with Crippen LogP contribution in [0.25, 0.3) is 10.9 Å². The average Bonchev–Trinajstić information content (AvgIpc) is 2.92. The number of hydrogen-bond donors (Lipinski definition) is 1. The Morgan fingerprint density at radius 2 is 2.35 bits per heavy atom. The molecule has 17 heavy (non-hydrogen) atoms. The second-order valence-corrected chi connectivity index (χ2v) is 4.99. The van der Waals surface area contributed by atoms with E-state index in [-0.39, 0.29) is 5.82 Å². The van der Waals surface area contributed by atoms with Gasteiger partial charge in [-0.05, 0) is 55.6 Å². The molecule has 2 heterocycles. The maximum atomic E-state index is 14.0. The molecule has 0 saturated carbocycles. The predicted molar refractivity (Wildman–Crippen MR) is 67.6 cm³/mol. The number of nitrogens with zero attached hydrogens (tertiary/aromatic N) is 1. The van der Waals surface area contributed by atoms with Crippen LogP contribution in [0.5, 0.6) is 0 Å². The summed E-state index contributed by atoms with van der Waals surface area (Å²) in [6.07, 6.45) is 3.98. The molecule has 1 aromatic carbocycles. The van der Waals surface area contributed by atoms with Gasteiger partial charge in [0.15, 0.2) is 0 Å². The summed E-state index contributed by atoms with van der Waals surface area (Å²) in [5, 5.41) is 4.31. The highest BCUT2D eigenvalue weighted by Gasteiger charge is 2.17. The highest BCUT2D eigenvalue weighted by atomic mass is 19.1. The number of nitrogens with one attached hydrogen (secondary N) is 1. The van der Waals surface area contributed by atoms with Crippen LogP contribution in [0.3, 0.4) is 0 Å². The van der Waals surface area contributed by atoms with E-state index in [9.17, 15) is 4.39 Å². The molecular weight excluding hydrogens is 215 g/mol. The molecule has 1 aromatic heterocycles. The SMILES string of the molecule is Cn1ccc2cc(F)c(CC3CCNC3)cc21. The minimum Gasteiger partial charge on any atom is -0.351 e. The Hall–Kier alpha value is -1.35. The van der Waals surface area contributed by atoms with Crippen LogP contribution in [0.4, 0.5) is 4.39 Å². The van der Waals surface area contributed by atoms with Gasteiger partial charge in [0.1, 0.15) is 5.82 Å². The molecule has 0 amide bonds. The lowest BCUT2D eigenvalue weighted by Gasteiger charge is -2.10. The van der Waals surface area contributed by atoms with Gasteiger partial charge in [-0.3, -0.25) is 0 Å². The van der Waals surface area contributed by atoms with Crippen LogP contribution in [-0.2, 0) is 13.5 Å². The summed E-state index contributed by atoms with van der Waals surface area (Å²) >= 11 is 0. The van der Waals surface area contributed by atoms with E-state index < -0.39 is 0 Å². The van der Waals surface area contributed by atoms with Crippen LogP contribution < -0.4 is 5.32 Å². The molecule has 3 rings (SSSR count). The van der Waals surface area contributed by atoms with Gasteiger partial charge >= 0.3 is 0 Å². The van der Waals surface area contributed by atoms with E-state index in [1.807, 2.05) is 29.9 Å². The van der Waals surface area contributed by atoms with E-state index in [0.29, 0.717) is 5.92 Å². The molecule has 1 aliphatic rings. The van der Waals surface area contributed by atoms with Crippen molar-refractivity contribution >= 4 is 10.9 Å². The third-order valence-corrected chi connectivity index (χ3v) is 3.72. The van der Waals surface area contributed by atoms with Gasteiger partial charge in [0.2, 0.25) is 0 Å². The fourth-order valence-corrected chi connectivity index (χ4v) is 2.69. The molecule has 0 radical (unpaired) electrons. The Bertz CT molecular complexity index is 538. The fourth-order valence-electron chi connectivity index (χ4n) is 2.69. The molecule has 2 aromatic rings. The zero-order valence-corrected chi connectivity index (χ0v) is 10.0. The van der Waals surface area contributed by atoms with Crippen molar-refractivity contribution in [2.45, 2.75) is 12.8 Å². The van der Waals surface area contributed by atoms with Gasteiger partial charge in [0, 0.05) is 24.1 Å². The van der Waals surface area contributed by atoms with Crippen LogP contribution in [-0.4, -0.2) is 17.7 Å². The predicted octanol–water partition coefficient (Wildman–Crippen LogP) is 2.47. The third-order valence-electron chi connectivity index (χ3n) is 3.72. The largest absolute Gasteiger partial charge is 0.351 e. The highest BCUT2D eigenvalue weighted by molar-refractivity contribution is 5.80. The summed E-state index contributed by atoms with van der Waals surface area (Å²) < 4.78 is 16.0. The lowest BCUT2D eigenvalue weighted by Crippen LogP contribution is -2.11. The highest BCUT2D eigenvalue weighted by Crippen LogP contribution is 2.23. The molecule has 3 heteroatoms. The van der Waals surface area contributed by atoms with Crippen molar-refractivity contribution in [2.75, 3.05) is 13.1 Å². The number of rotatable bonds is 2. The molecule has 1 saturated heterocycles. The number of benzene rings is 1. The molecule has 0 spiro atoms. The fraction of sp³-hybridized carbons (Fsp3) is 0.429. The van der Waals surface area contributed by atoms with Gasteiger partial charge in [-0.25, -0.2) is 4.39 Å². The first-order valence-electron chi connectivity index (χ1n) is 6.18. The molecule has 1 unspecified atom stereocenters. The second-order valence-electron chi connectivity index (χ2n) is 4.99. The van der Waals surface area contributed by atoms with Crippen molar-refractivity contribution in [3.63, 3.8) is 0 Å². The number of aromatic nitrogens is 1. The lowest BCUT2D eigenvalue weighted by atomic mass is 9.97. The molecule has 1 fully saturated rings. The Morgan fingerprint density at radius 1 is 1.47 bits per heavy atom. The molecule has 0 bridgehead atoms. The van der Waals surface area contributed by atoms with Crippen molar-refractivity contribution in [1.82, 2.24) is 9.88 Å². The summed E-state index contributed by atoms with van der Waals surface area (Å²) in [6, 6.07) is 5.62. The van der Waals surface area contributed by atoms with Crippen molar-refractivity contribution in [3.8, 4) is 0 Å².